The number of nitrogens with zero attached hydrogens (tertiary/aromatic N) is 3. The zero-order chi connectivity index (χ0) is 19.9. The van der Waals surface area contributed by atoms with Crippen LogP contribution in [0.4, 0.5) is 17.3 Å². The van der Waals surface area contributed by atoms with Gasteiger partial charge in [-0.3, -0.25) is 4.79 Å². The number of ether oxygens (including phenoxy) is 2. The summed E-state index contributed by atoms with van der Waals surface area (Å²) < 4.78 is 10.5. The lowest BCUT2D eigenvalue weighted by molar-refractivity contribution is 0.102. The summed E-state index contributed by atoms with van der Waals surface area (Å²) in [5.41, 5.74) is 1.96. The van der Waals surface area contributed by atoms with E-state index >= 15 is 0 Å². The first-order valence-electron chi connectivity index (χ1n) is 8.26. The number of hydrogen-bond acceptors (Lipinski definition) is 7. The van der Waals surface area contributed by atoms with Gasteiger partial charge in [0.1, 0.15) is 5.69 Å². The third-order valence-corrected chi connectivity index (χ3v) is 3.80. The molecule has 8 nitrogen and oxygen atoms in total. The highest BCUT2D eigenvalue weighted by Crippen LogP contribution is 2.30. The van der Waals surface area contributed by atoms with Gasteiger partial charge in [0.2, 0.25) is 5.95 Å². The molecule has 0 spiro atoms. The van der Waals surface area contributed by atoms with Crippen LogP contribution in [0.25, 0.3) is 0 Å². The van der Waals surface area contributed by atoms with Crippen molar-refractivity contribution in [2.45, 2.75) is 0 Å². The third-order valence-electron chi connectivity index (χ3n) is 3.80. The van der Waals surface area contributed by atoms with Crippen LogP contribution in [-0.4, -0.2) is 30.1 Å². The number of benzene rings is 2. The Morgan fingerprint density at radius 2 is 1.71 bits per heavy atom. The predicted octanol–water partition coefficient (Wildman–Crippen LogP) is 3.36. The van der Waals surface area contributed by atoms with E-state index in [1.807, 2.05) is 6.07 Å². The van der Waals surface area contributed by atoms with E-state index in [0.29, 0.717) is 28.4 Å². The molecule has 140 valence electrons. The summed E-state index contributed by atoms with van der Waals surface area (Å²) in [6.45, 7) is 0. The summed E-state index contributed by atoms with van der Waals surface area (Å²) in [6.07, 6.45) is 1.49. The molecule has 0 atom stereocenters. The Kier molecular flexibility index (Phi) is 5.67. The van der Waals surface area contributed by atoms with Crippen LogP contribution in [0, 0.1) is 11.3 Å². The number of methoxy groups -OCH3 is 2. The topological polar surface area (TPSA) is 109 Å². The first-order chi connectivity index (χ1) is 13.6. The maximum Gasteiger partial charge on any atom is 0.274 e. The van der Waals surface area contributed by atoms with Crippen molar-refractivity contribution in [1.29, 1.82) is 5.26 Å². The number of carbonyl (C=O) groups is 1. The van der Waals surface area contributed by atoms with E-state index in [1.165, 1.54) is 12.3 Å². The molecule has 0 aliphatic heterocycles. The van der Waals surface area contributed by atoms with Crippen molar-refractivity contribution in [2.24, 2.45) is 0 Å². The maximum atomic E-state index is 12.4. The minimum atomic E-state index is -0.387. The summed E-state index contributed by atoms with van der Waals surface area (Å²) in [4.78, 5) is 20.8. The van der Waals surface area contributed by atoms with Crippen LogP contribution in [0.2, 0.25) is 0 Å². The molecular formula is C20H17N5O3. The summed E-state index contributed by atoms with van der Waals surface area (Å²) in [6, 6.07) is 15.4. The number of rotatable bonds is 6. The molecule has 0 aliphatic rings. The highest BCUT2D eigenvalue weighted by atomic mass is 16.5. The molecule has 0 radical (unpaired) electrons. The molecule has 3 rings (SSSR count). The standard InChI is InChI=1S/C20H17N5O3/c1-27-17-8-7-15(11-18(17)28-2)24-20-22-10-9-16(25-20)19(26)23-14-5-3-13(12-21)4-6-14/h3-11H,1-2H3,(H,23,26)(H,22,24,25). The predicted molar refractivity (Wildman–Crippen MR) is 104 cm³/mol. The molecule has 0 saturated carbocycles. The molecule has 0 aliphatic carbocycles. The van der Waals surface area contributed by atoms with Crippen LogP contribution in [0.5, 0.6) is 11.5 Å². The first kappa shape index (κ1) is 18.7. The fourth-order valence-corrected chi connectivity index (χ4v) is 2.41. The van der Waals surface area contributed by atoms with Crippen molar-refractivity contribution < 1.29 is 14.3 Å². The molecular weight excluding hydrogens is 358 g/mol. The van der Waals surface area contributed by atoms with Gasteiger partial charge in [0.05, 0.1) is 25.9 Å². The largest absolute Gasteiger partial charge is 0.493 e. The van der Waals surface area contributed by atoms with E-state index in [4.69, 9.17) is 14.7 Å². The van der Waals surface area contributed by atoms with E-state index in [-0.39, 0.29) is 17.5 Å². The van der Waals surface area contributed by atoms with Crippen LogP contribution in [0.15, 0.2) is 54.7 Å². The van der Waals surface area contributed by atoms with Crippen LogP contribution in [-0.2, 0) is 0 Å². The number of aromatic nitrogens is 2. The number of anilines is 3. The Labute approximate surface area is 161 Å². The van der Waals surface area contributed by atoms with Crippen LogP contribution in [0.3, 0.4) is 0 Å². The molecule has 0 unspecified atom stereocenters. The molecule has 1 aromatic heterocycles. The van der Waals surface area contributed by atoms with Gasteiger partial charge >= 0.3 is 0 Å². The van der Waals surface area contributed by atoms with Gasteiger partial charge < -0.3 is 20.1 Å². The summed E-state index contributed by atoms with van der Waals surface area (Å²) in [7, 11) is 3.11. The van der Waals surface area contributed by atoms with E-state index < -0.39 is 0 Å². The Balaban J connectivity index is 1.74. The zero-order valence-corrected chi connectivity index (χ0v) is 15.3. The molecule has 1 amide bonds. The SMILES string of the molecule is COc1ccc(Nc2nccc(C(=O)Nc3ccc(C#N)cc3)n2)cc1OC. The second-order valence-electron chi connectivity index (χ2n) is 5.60. The smallest absolute Gasteiger partial charge is 0.274 e. The lowest BCUT2D eigenvalue weighted by Gasteiger charge is -2.11. The Bertz CT molecular complexity index is 1030. The average Bonchev–Trinajstić information content (AvgIpc) is 2.74. The van der Waals surface area contributed by atoms with Gasteiger partial charge in [-0.15, -0.1) is 0 Å². The normalized spacial score (nSPS) is 9.89. The highest BCUT2D eigenvalue weighted by molar-refractivity contribution is 6.03. The van der Waals surface area contributed by atoms with Gasteiger partial charge in [0.15, 0.2) is 11.5 Å². The Morgan fingerprint density at radius 1 is 1.00 bits per heavy atom. The fraction of sp³-hybridized carbons (Fsp3) is 0.100. The van der Waals surface area contributed by atoms with E-state index in [9.17, 15) is 4.79 Å². The van der Waals surface area contributed by atoms with Crippen LogP contribution >= 0.6 is 0 Å². The van der Waals surface area contributed by atoms with Crippen molar-refractivity contribution in [3.63, 3.8) is 0 Å². The number of amides is 1. The van der Waals surface area contributed by atoms with Gasteiger partial charge in [0.25, 0.3) is 5.91 Å². The van der Waals surface area contributed by atoms with Crippen LogP contribution in [0.1, 0.15) is 16.1 Å². The van der Waals surface area contributed by atoms with E-state index in [2.05, 4.69) is 20.6 Å². The van der Waals surface area contributed by atoms with Crippen molar-refractivity contribution in [3.05, 3.63) is 66.0 Å². The second-order valence-corrected chi connectivity index (χ2v) is 5.60. The molecule has 28 heavy (non-hydrogen) atoms. The molecule has 0 bridgehead atoms. The molecule has 0 fully saturated rings. The maximum absolute atomic E-state index is 12.4. The van der Waals surface area contributed by atoms with E-state index in [1.54, 1.807) is 56.7 Å². The van der Waals surface area contributed by atoms with Crippen molar-refractivity contribution >= 4 is 23.2 Å². The summed E-state index contributed by atoms with van der Waals surface area (Å²) in [5, 5.41) is 14.6. The number of nitrogens with one attached hydrogen (secondary N) is 2. The van der Waals surface area contributed by atoms with Gasteiger partial charge in [-0.25, -0.2) is 9.97 Å². The van der Waals surface area contributed by atoms with Gasteiger partial charge in [0, 0.05) is 23.6 Å². The minimum Gasteiger partial charge on any atom is -0.493 e. The highest BCUT2D eigenvalue weighted by Gasteiger charge is 2.11. The first-order valence-corrected chi connectivity index (χ1v) is 8.26. The molecule has 1 heterocycles. The number of nitriles is 1. The molecule has 3 aromatic rings. The Hall–Kier alpha value is -4.12. The summed E-state index contributed by atoms with van der Waals surface area (Å²) in [5.74, 6) is 1.04. The van der Waals surface area contributed by atoms with Crippen molar-refractivity contribution in [3.8, 4) is 17.6 Å². The van der Waals surface area contributed by atoms with E-state index in [0.717, 1.165) is 0 Å². The quantitative estimate of drug-likeness (QED) is 0.680. The molecule has 2 N–H and O–H groups in total. The molecule has 8 heteroatoms. The van der Waals surface area contributed by atoms with Crippen LogP contribution < -0.4 is 20.1 Å². The third kappa shape index (κ3) is 4.34. The average molecular weight is 375 g/mol. The monoisotopic (exact) mass is 375 g/mol. The van der Waals surface area contributed by atoms with Crippen molar-refractivity contribution in [2.75, 3.05) is 24.9 Å². The van der Waals surface area contributed by atoms with Gasteiger partial charge in [-0.2, -0.15) is 5.26 Å². The minimum absolute atomic E-state index is 0.197. The fourth-order valence-electron chi connectivity index (χ4n) is 2.41. The van der Waals surface area contributed by atoms with Crippen molar-refractivity contribution in [1.82, 2.24) is 9.97 Å². The van der Waals surface area contributed by atoms with Gasteiger partial charge in [-0.05, 0) is 42.5 Å². The lowest BCUT2D eigenvalue weighted by Crippen LogP contribution is -2.14. The summed E-state index contributed by atoms with van der Waals surface area (Å²) >= 11 is 0. The number of hydrogen-bond donors (Lipinski definition) is 2. The molecule has 2 aromatic carbocycles. The van der Waals surface area contributed by atoms with Gasteiger partial charge in [-0.1, -0.05) is 0 Å². The number of carbonyl (C=O) groups excluding carboxylic acids is 1. The molecule has 0 saturated heterocycles. The Morgan fingerprint density at radius 3 is 2.39 bits per heavy atom. The second kappa shape index (κ2) is 8.51. The lowest BCUT2D eigenvalue weighted by atomic mass is 10.2. The zero-order valence-electron chi connectivity index (χ0n) is 15.3.